The first kappa shape index (κ1) is 25.3. The Morgan fingerprint density at radius 2 is 1.57 bits per heavy atom. The molecule has 1 atom stereocenters. The lowest BCUT2D eigenvalue weighted by Crippen LogP contribution is -2.53. The van der Waals surface area contributed by atoms with E-state index in [9.17, 15) is 19.2 Å². The van der Waals surface area contributed by atoms with E-state index in [1.165, 1.54) is 37.3 Å². The summed E-state index contributed by atoms with van der Waals surface area (Å²) in [5, 5.41) is 7.67. The predicted octanol–water partition coefficient (Wildman–Crippen LogP) is 1.74. The molecule has 0 aliphatic carbocycles. The topological polar surface area (TPSA) is 133 Å². The van der Waals surface area contributed by atoms with Crippen molar-refractivity contribution in [1.82, 2.24) is 25.5 Å². The number of anilines is 1. The van der Waals surface area contributed by atoms with E-state index in [2.05, 4.69) is 25.9 Å². The minimum absolute atomic E-state index is 0.138. The standard InChI is InChI=1S/C24H23ClN6O4/c1-31(2)24(35)19(14-28-22(33)23(34)30-20-8-7-18(25)13-27-20)29-21(32)17-5-3-15(4-6-17)16-9-11-26-12-10-16/h3-13,19H,14H2,1-2H3,(H,28,33)(H,29,32)(H,27,30,34)/t19-/m0/s1. The number of benzene rings is 1. The molecule has 0 radical (unpaired) electrons. The fraction of sp³-hybridized carbons (Fsp3) is 0.167. The number of amides is 4. The molecular formula is C24H23ClN6O4. The van der Waals surface area contributed by atoms with E-state index in [0.717, 1.165) is 11.1 Å². The lowest BCUT2D eigenvalue weighted by molar-refractivity contribution is -0.136. The molecule has 0 bridgehead atoms. The zero-order valence-corrected chi connectivity index (χ0v) is 19.7. The largest absolute Gasteiger partial charge is 0.347 e. The van der Waals surface area contributed by atoms with Crippen LogP contribution >= 0.6 is 11.6 Å². The van der Waals surface area contributed by atoms with Crippen molar-refractivity contribution in [3.63, 3.8) is 0 Å². The van der Waals surface area contributed by atoms with E-state index in [1.807, 2.05) is 12.1 Å². The zero-order chi connectivity index (χ0) is 25.4. The van der Waals surface area contributed by atoms with Gasteiger partial charge < -0.3 is 20.9 Å². The summed E-state index contributed by atoms with van der Waals surface area (Å²) in [6, 6.07) is 12.4. The molecule has 0 unspecified atom stereocenters. The second kappa shape index (κ2) is 11.7. The zero-order valence-electron chi connectivity index (χ0n) is 19.0. The Morgan fingerprint density at radius 3 is 2.17 bits per heavy atom. The van der Waals surface area contributed by atoms with Crippen molar-refractivity contribution in [2.24, 2.45) is 0 Å². The fourth-order valence-corrected chi connectivity index (χ4v) is 3.12. The van der Waals surface area contributed by atoms with Crippen molar-refractivity contribution in [2.75, 3.05) is 26.0 Å². The van der Waals surface area contributed by atoms with Crippen molar-refractivity contribution >= 4 is 41.0 Å². The number of pyridine rings is 2. The maximum Gasteiger partial charge on any atom is 0.314 e. The van der Waals surface area contributed by atoms with Crippen molar-refractivity contribution in [3.8, 4) is 11.1 Å². The lowest BCUT2D eigenvalue weighted by atomic mass is 10.0. The number of aromatic nitrogens is 2. The highest BCUT2D eigenvalue weighted by Gasteiger charge is 2.25. The van der Waals surface area contributed by atoms with E-state index >= 15 is 0 Å². The first-order chi connectivity index (χ1) is 16.7. The van der Waals surface area contributed by atoms with Gasteiger partial charge in [-0.05, 0) is 47.5 Å². The van der Waals surface area contributed by atoms with Crippen LogP contribution in [0.5, 0.6) is 0 Å². The monoisotopic (exact) mass is 494 g/mol. The molecule has 10 nitrogen and oxygen atoms in total. The Bertz CT molecular complexity index is 1200. The highest BCUT2D eigenvalue weighted by molar-refractivity contribution is 6.39. The second-order valence-electron chi connectivity index (χ2n) is 7.60. The molecule has 3 rings (SSSR count). The van der Waals surface area contributed by atoms with Crippen LogP contribution in [0.2, 0.25) is 5.02 Å². The van der Waals surface area contributed by atoms with Gasteiger partial charge in [-0.3, -0.25) is 24.2 Å². The molecule has 3 aromatic rings. The Kier molecular flexibility index (Phi) is 8.47. The molecule has 2 heterocycles. The van der Waals surface area contributed by atoms with Gasteiger partial charge in [-0.15, -0.1) is 0 Å². The highest BCUT2D eigenvalue weighted by atomic mass is 35.5. The number of carbonyl (C=O) groups is 4. The summed E-state index contributed by atoms with van der Waals surface area (Å²) in [7, 11) is 3.04. The van der Waals surface area contributed by atoms with E-state index in [4.69, 9.17) is 11.6 Å². The van der Waals surface area contributed by atoms with Gasteiger partial charge in [-0.2, -0.15) is 0 Å². The van der Waals surface area contributed by atoms with Crippen LogP contribution in [-0.4, -0.2) is 65.2 Å². The summed E-state index contributed by atoms with van der Waals surface area (Å²) in [6.07, 6.45) is 4.67. The van der Waals surface area contributed by atoms with Crippen molar-refractivity contribution in [2.45, 2.75) is 6.04 Å². The van der Waals surface area contributed by atoms with Crippen molar-refractivity contribution in [3.05, 3.63) is 77.7 Å². The Hall–Kier alpha value is -4.31. The number of hydrogen-bond acceptors (Lipinski definition) is 6. The number of likely N-dealkylation sites (N-methyl/N-ethyl adjacent to an activating group) is 1. The number of hydrogen-bond donors (Lipinski definition) is 3. The first-order valence-electron chi connectivity index (χ1n) is 10.5. The SMILES string of the molecule is CN(C)C(=O)[C@H](CNC(=O)C(=O)Nc1ccc(Cl)cn1)NC(=O)c1ccc(-c2ccncc2)cc1. The van der Waals surface area contributed by atoms with Crippen LogP contribution in [0.15, 0.2) is 67.1 Å². The normalized spacial score (nSPS) is 11.2. The average molecular weight is 495 g/mol. The Morgan fingerprint density at radius 1 is 0.914 bits per heavy atom. The number of nitrogens with one attached hydrogen (secondary N) is 3. The van der Waals surface area contributed by atoms with Crippen molar-refractivity contribution in [1.29, 1.82) is 0 Å². The summed E-state index contributed by atoms with van der Waals surface area (Å²) >= 11 is 5.74. The van der Waals surface area contributed by atoms with Crippen LogP contribution < -0.4 is 16.0 Å². The first-order valence-corrected chi connectivity index (χ1v) is 10.9. The van der Waals surface area contributed by atoms with Gasteiger partial charge in [-0.1, -0.05) is 23.7 Å². The van der Waals surface area contributed by atoms with Crippen LogP contribution in [0.25, 0.3) is 11.1 Å². The van der Waals surface area contributed by atoms with Gasteiger partial charge >= 0.3 is 11.8 Å². The quantitative estimate of drug-likeness (QED) is 0.428. The molecule has 0 aliphatic rings. The van der Waals surface area contributed by atoms with Gasteiger partial charge in [0.1, 0.15) is 11.9 Å². The third-order valence-electron chi connectivity index (χ3n) is 4.85. The molecule has 3 N–H and O–H groups in total. The van der Waals surface area contributed by atoms with Gasteiger partial charge in [0.15, 0.2) is 0 Å². The number of halogens is 1. The maximum atomic E-state index is 12.8. The van der Waals surface area contributed by atoms with E-state index in [-0.39, 0.29) is 12.4 Å². The Balaban J connectivity index is 1.62. The van der Waals surface area contributed by atoms with Crippen LogP contribution in [0, 0.1) is 0 Å². The van der Waals surface area contributed by atoms with E-state index < -0.39 is 29.7 Å². The summed E-state index contributed by atoms with van der Waals surface area (Å²) in [6.45, 7) is -0.294. The number of rotatable bonds is 7. The minimum atomic E-state index is -1.09. The van der Waals surface area contributed by atoms with E-state index in [0.29, 0.717) is 10.6 Å². The third kappa shape index (κ3) is 7.08. The van der Waals surface area contributed by atoms with Crippen LogP contribution in [0.4, 0.5) is 5.82 Å². The molecule has 0 spiro atoms. The number of carbonyl (C=O) groups excluding carboxylic acids is 4. The van der Waals surface area contributed by atoms with Gasteiger partial charge in [0, 0.05) is 44.8 Å². The molecule has 0 aliphatic heterocycles. The molecule has 0 saturated carbocycles. The Labute approximate surface area is 206 Å². The summed E-state index contributed by atoms with van der Waals surface area (Å²) in [5.41, 5.74) is 2.18. The predicted molar refractivity (Wildman–Crippen MR) is 131 cm³/mol. The summed E-state index contributed by atoms with van der Waals surface area (Å²) < 4.78 is 0. The van der Waals surface area contributed by atoms with Crippen molar-refractivity contribution < 1.29 is 19.2 Å². The molecule has 4 amide bonds. The third-order valence-corrected chi connectivity index (χ3v) is 5.07. The van der Waals surface area contributed by atoms with Gasteiger partial charge in [0.25, 0.3) is 5.91 Å². The fourth-order valence-electron chi connectivity index (χ4n) is 3.01. The van der Waals surface area contributed by atoms with Crippen LogP contribution in [-0.2, 0) is 14.4 Å². The van der Waals surface area contributed by atoms with Crippen LogP contribution in [0.1, 0.15) is 10.4 Å². The molecule has 0 fully saturated rings. The van der Waals surface area contributed by atoms with Crippen LogP contribution in [0.3, 0.4) is 0 Å². The van der Waals surface area contributed by atoms with Gasteiger partial charge in [0.2, 0.25) is 5.91 Å². The molecule has 1 aromatic carbocycles. The molecular weight excluding hydrogens is 472 g/mol. The van der Waals surface area contributed by atoms with E-state index in [1.54, 1.807) is 36.7 Å². The molecule has 0 saturated heterocycles. The van der Waals surface area contributed by atoms with Gasteiger partial charge in [-0.25, -0.2) is 4.98 Å². The molecule has 35 heavy (non-hydrogen) atoms. The molecule has 2 aromatic heterocycles. The maximum absolute atomic E-state index is 12.8. The minimum Gasteiger partial charge on any atom is -0.347 e. The molecule has 11 heteroatoms. The molecule has 180 valence electrons. The highest BCUT2D eigenvalue weighted by Crippen LogP contribution is 2.18. The summed E-state index contributed by atoms with van der Waals surface area (Å²) in [4.78, 5) is 58.8. The van der Waals surface area contributed by atoms with Gasteiger partial charge in [0.05, 0.1) is 5.02 Å². The number of nitrogens with zero attached hydrogens (tertiary/aromatic N) is 3. The lowest BCUT2D eigenvalue weighted by Gasteiger charge is -2.22. The average Bonchev–Trinajstić information content (AvgIpc) is 2.87. The summed E-state index contributed by atoms with van der Waals surface area (Å²) in [5.74, 6) is -2.79. The second-order valence-corrected chi connectivity index (χ2v) is 8.03. The smallest absolute Gasteiger partial charge is 0.314 e.